The average molecular weight is 268 g/mol. The van der Waals surface area contributed by atoms with Crippen LogP contribution in [-0.4, -0.2) is 31.6 Å². The number of ether oxygens (including phenoxy) is 1. The van der Waals surface area contributed by atoms with Crippen LogP contribution in [0.15, 0.2) is 24.3 Å². The minimum atomic E-state index is -3.92. The van der Waals surface area contributed by atoms with E-state index in [2.05, 4.69) is 0 Å². The summed E-state index contributed by atoms with van der Waals surface area (Å²) in [7, 11) is -3.92. The summed E-state index contributed by atoms with van der Waals surface area (Å²) in [5.74, 6) is 0.236. The maximum Gasteiger partial charge on any atom is 1.00 e. The van der Waals surface area contributed by atoms with Crippen molar-refractivity contribution in [2.45, 2.75) is 6.42 Å². The Morgan fingerprint density at radius 1 is 1.29 bits per heavy atom. The van der Waals surface area contributed by atoms with Gasteiger partial charge in [-0.2, -0.15) is 8.42 Å². The number of hydrogen-bond donors (Lipinski definition) is 1. The molecule has 1 aromatic rings. The summed E-state index contributed by atoms with van der Waals surface area (Å²) in [4.78, 5) is 10.4. The van der Waals surface area contributed by atoms with Gasteiger partial charge in [-0.3, -0.25) is 9.35 Å². The van der Waals surface area contributed by atoms with Crippen LogP contribution in [0.4, 0.5) is 0 Å². The quantitative estimate of drug-likeness (QED) is 0.287. The molecule has 0 fully saturated rings. The zero-order chi connectivity index (χ0) is 12.0. The third kappa shape index (κ3) is 7.51. The molecule has 90 valence electrons. The number of rotatable bonds is 6. The Balaban J connectivity index is 0. The fraction of sp³-hybridized carbons (Fsp3) is 0.300. The van der Waals surface area contributed by atoms with Crippen molar-refractivity contribution >= 4 is 16.4 Å². The molecule has 1 rings (SSSR count). The van der Waals surface area contributed by atoms with Gasteiger partial charge in [0.05, 0.1) is 12.4 Å². The van der Waals surface area contributed by atoms with Gasteiger partial charge in [-0.1, -0.05) is 0 Å². The first-order valence-corrected chi connectivity index (χ1v) is 6.25. The first-order chi connectivity index (χ1) is 7.51. The van der Waals surface area contributed by atoms with Gasteiger partial charge in [-0.15, -0.1) is 0 Å². The first kappa shape index (κ1) is 16.6. The number of hydrogen-bond acceptors (Lipinski definition) is 4. The van der Waals surface area contributed by atoms with Crippen LogP contribution in [0.2, 0.25) is 0 Å². The van der Waals surface area contributed by atoms with Gasteiger partial charge in [-0.05, 0) is 30.7 Å². The van der Waals surface area contributed by atoms with Crippen molar-refractivity contribution in [1.82, 2.24) is 0 Å². The predicted molar refractivity (Wildman–Crippen MR) is 59.5 cm³/mol. The fourth-order valence-corrected chi connectivity index (χ4v) is 1.56. The van der Waals surface area contributed by atoms with Crippen molar-refractivity contribution < 1.29 is 53.5 Å². The molecule has 0 radical (unpaired) electrons. The Morgan fingerprint density at radius 2 is 1.88 bits per heavy atom. The van der Waals surface area contributed by atoms with Gasteiger partial charge in [0.15, 0.2) is 0 Å². The maximum absolute atomic E-state index is 10.4. The van der Waals surface area contributed by atoms with Gasteiger partial charge < -0.3 is 6.16 Å². The molecule has 5 nitrogen and oxygen atoms in total. The van der Waals surface area contributed by atoms with E-state index in [1.54, 1.807) is 24.3 Å². The normalized spacial score (nSPS) is 10.4. The van der Waals surface area contributed by atoms with E-state index in [4.69, 9.17) is 9.29 Å². The molecule has 0 saturated heterocycles. The van der Waals surface area contributed by atoms with Crippen LogP contribution in [0.1, 0.15) is 18.2 Å². The van der Waals surface area contributed by atoms with E-state index >= 15 is 0 Å². The molecule has 17 heavy (non-hydrogen) atoms. The van der Waals surface area contributed by atoms with E-state index in [0.717, 1.165) is 6.29 Å². The zero-order valence-electron chi connectivity index (χ0n) is 10.5. The van der Waals surface area contributed by atoms with E-state index in [0.29, 0.717) is 11.3 Å². The van der Waals surface area contributed by atoms with Gasteiger partial charge in [0, 0.05) is 5.56 Å². The molecule has 0 spiro atoms. The van der Waals surface area contributed by atoms with Crippen LogP contribution < -0.4 is 34.3 Å². The second kappa shape index (κ2) is 7.84. The summed E-state index contributed by atoms with van der Waals surface area (Å²) in [6.45, 7) is 0.195. The summed E-state index contributed by atoms with van der Waals surface area (Å²) in [5, 5.41) is 0. The third-order valence-corrected chi connectivity index (χ3v) is 2.64. The summed E-state index contributed by atoms with van der Waals surface area (Å²) in [6, 6.07) is 6.45. The molecule has 0 aliphatic carbocycles. The number of carbonyl (C=O) groups excluding carboxylic acids is 1. The summed E-state index contributed by atoms with van der Waals surface area (Å²) in [6.07, 6.45) is 0.941. The summed E-state index contributed by atoms with van der Waals surface area (Å²) >= 11 is 0. The molecule has 1 aromatic carbocycles. The standard InChI is InChI=1S/C10H12O5S.Na.H/c11-8-9-2-4-10(5-3-9)15-6-1-7-16(12,13)14;;/h2-5,8H,1,6-7H2,(H,12,13,14);;/q;+1;-1. The maximum atomic E-state index is 10.4. The van der Waals surface area contributed by atoms with Crippen molar-refractivity contribution in [3.05, 3.63) is 29.8 Å². The SMILES string of the molecule is O=Cc1ccc(OCCCS(=O)(=O)O)cc1.[H-].[Na+]. The molecule has 0 saturated carbocycles. The van der Waals surface area contributed by atoms with Crippen molar-refractivity contribution in [2.24, 2.45) is 0 Å². The molecule has 0 aromatic heterocycles. The van der Waals surface area contributed by atoms with E-state index in [1.807, 2.05) is 0 Å². The molecule has 7 heteroatoms. The number of carbonyl (C=O) groups is 1. The Bertz CT molecular complexity index is 446. The monoisotopic (exact) mass is 268 g/mol. The fourth-order valence-electron chi connectivity index (χ4n) is 1.07. The van der Waals surface area contributed by atoms with Crippen molar-refractivity contribution in [3.63, 3.8) is 0 Å². The van der Waals surface area contributed by atoms with E-state index in [-0.39, 0.29) is 49.8 Å². The second-order valence-corrected chi connectivity index (χ2v) is 4.75. The number of benzene rings is 1. The molecule has 0 unspecified atom stereocenters. The number of aldehydes is 1. The Morgan fingerprint density at radius 3 is 2.35 bits per heavy atom. The van der Waals surface area contributed by atoms with Crippen molar-refractivity contribution in [2.75, 3.05) is 12.4 Å². The third-order valence-electron chi connectivity index (χ3n) is 1.83. The summed E-state index contributed by atoms with van der Waals surface area (Å²) in [5.41, 5.74) is 0.547. The Labute approximate surface area is 124 Å². The minimum absolute atomic E-state index is 0. The molecule has 0 aliphatic heterocycles. The van der Waals surface area contributed by atoms with E-state index < -0.39 is 10.1 Å². The van der Waals surface area contributed by atoms with Gasteiger partial charge in [0.1, 0.15) is 12.0 Å². The van der Waals surface area contributed by atoms with Crippen LogP contribution in [0.5, 0.6) is 5.75 Å². The van der Waals surface area contributed by atoms with Crippen LogP contribution in [-0.2, 0) is 10.1 Å². The molecule has 0 heterocycles. The second-order valence-electron chi connectivity index (χ2n) is 3.17. The van der Waals surface area contributed by atoms with E-state index in [1.165, 1.54) is 0 Å². The largest absolute Gasteiger partial charge is 1.00 e. The van der Waals surface area contributed by atoms with Gasteiger partial charge in [-0.25, -0.2) is 0 Å². The smallest absolute Gasteiger partial charge is 1.00 e. The summed E-state index contributed by atoms with van der Waals surface area (Å²) < 4.78 is 34.4. The average Bonchev–Trinajstić information content (AvgIpc) is 2.24. The van der Waals surface area contributed by atoms with Crippen LogP contribution in [0.25, 0.3) is 0 Å². The van der Waals surface area contributed by atoms with Crippen LogP contribution in [0, 0.1) is 0 Å². The molecule has 0 atom stereocenters. The van der Waals surface area contributed by atoms with Crippen LogP contribution >= 0.6 is 0 Å². The topological polar surface area (TPSA) is 80.7 Å². The first-order valence-electron chi connectivity index (χ1n) is 4.64. The zero-order valence-corrected chi connectivity index (χ0v) is 12.3. The molecular formula is C10H13NaO5S. The van der Waals surface area contributed by atoms with Crippen LogP contribution in [0.3, 0.4) is 0 Å². The van der Waals surface area contributed by atoms with Gasteiger partial charge in [0.2, 0.25) is 0 Å². The van der Waals surface area contributed by atoms with E-state index in [9.17, 15) is 13.2 Å². The van der Waals surface area contributed by atoms with Crippen molar-refractivity contribution in [3.8, 4) is 5.75 Å². The predicted octanol–water partition coefficient (Wildman–Crippen LogP) is -1.73. The minimum Gasteiger partial charge on any atom is -1.00 e. The van der Waals surface area contributed by atoms with Crippen molar-refractivity contribution in [1.29, 1.82) is 0 Å². The molecule has 0 bridgehead atoms. The van der Waals surface area contributed by atoms with Gasteiger partial charge >= 0.3 is 29.6 Å². The molecule has 0 amide bonds. The molecule has 0 aliphatic rings. The van der Waals surface area contributed by atoms with Gasteiger partial charge in [0.25, 0.3) is 10.1 Å². The molecular weight excluding hydrogens is 255 g/mol. The molecule has 1 N–H and O–H groups in total. The Hall–Kier alpha value is -0.400. The Kier molecular flexibility index (Phi) is 7.65.